The molecule has 4 heterocycles. The molecule has 0 aliphatic heterocycles. The van der Waals surface area contributed by atoms with Crippen molar-refractivity contribution in [1.82, 2.24) is 24.7 Å². The fraction of sp³-hybridized carbons (Fsp3) is 0.421. The summed E-state index contributed by atoms with van der Waals surface area (Å²) in [7, 11) is 2.53. The van der Waals surface area contributed by atoms with Crippen LogP contribution in [0.15, 0.2) is 59.3 Å². The highest BCUT2D eigenvalue weighted by Gasteiger charge is 2.20. The molecule has 4 aromatic rings. The maximum absolute atomic E-state index is 12.1. The minimum Gasteiger partial charge on any atom is -0.480 e. The van der Waals surface area contributed by atoms with Gasteiger partial charge in [-0.2, -0.15) is 0 Å². The van der Waals surface area contributed by atoms with E-state index < -0.39 is 23.9 Å². The van der Waals surface area contributed by atoms with Gasteiger partial charge < -0.3 is 25.4 Å². The van der Waals surface area contributed by atoms with Crippen LogP contribution in [-0.4, -0.2) is 112 Å². The summed E-state index contributed by atoms with van der Waals surface area (Å²) in [6, 6.07) is 15.9. The van der Waals surface area contributed by atoms with E-state index in [4.69, 9.17) is 25.2 Å². The number of carbonyl (C=O) groups is 4. The van der Waals surface area contributed by atoms with E-state index in [-0.39, 0.29) is 39.3 Å². The molecule has 0 unspecified atom stereocenters. The Morgan fingerprint density at radius 2 is 1.04 bits per heavy atom. The van der Waals surface area contributed by atoms with Gasteiger partial charge in [-0.1, -0.05) is 25.0 Å². The molecule has 0 fully saturated rings. The first-order valence-corrected chi connectivity index (χ1v) is 19.3. The quantitative estimate of drug-likeness (QED) is 0.0662. The summed E-state index contributed by atoms with van der Waals surface area (Å²) in [6.45, 7) is 1.40. The van der Waals surface area contributed by atoms with Gasteiger partial charge in [0.05, 0.1) is 63.2 Å². The van der Waals surface area contributed by atoms with Crippen molar-refractivity contribution in [2.75, 3.05) is 53.5 Å². The van der Waals surface area contributed by atoms with Crippen LogP contribution in [-0.2, 0) is 54.8 Å². The Bertz CT molecular complexity index is 1680. The second kappa shape index (κ2) is 22.0. The molecule has 54 heavy (non-hydrogen) atoms. The molecule has 0 saturated heterocycles. The number of ether oxygens (including phenoxy) is 2. The third-order valence-corrected chi connectivity index (χ3v) is 10.2. The van der Waals surface area contributed by atoms with Gasteiger partial charge in [-0.25, -0.2) is 0 Å². The number of nitrogens with zero attached hydrogens (tertiary/aromatic N) is 5. The highest BCUT2D eigenvalue weighted by atomic mass is 32.1. The smallest absolute Gasteiger partial charge is 0.319 e. The normalized spacial score (nSPS) is 11.4. The molecular weight excluding hydrogens is 733 g/mol. The molecule has 4 aromatic heterocycles. The lowest BCUT2D eigenvalue weighted by atomic mass is 10.1. The molecule has 0 bridgehead atoms. The van der Waals surface area contributed by atoms with Crippen molar-refractivity contribution < 1.29 is 38.9 Å². The highest BCUT2D eigenvalue weighted by molar-refractivity contribution is 7.13. The van der Waals surface area contributed by atoms with Crippen molar-refractivity contribution in [3.63, 3.8) is 0 Å². The number of carbonyl (C=O) groups excluding carboxylic acids is 2. The van der Waals surface area contributed by atoms with Crippen LogP contribution >= 0.6 is 22.7 Å². The van der Waals surface area contributed by atoms with Gasteiger partial charge in [0, 0.05) is 35.9 Å². The Kier molecular flexibility index (Phi) is 17.1. The molecule has 0 radical (unpaired) electrons. The van der Waals surface area contributed by atoms with Crippen molar-refractivity contribution in [2.45, 2.75) is 51.9 Å². The summed E-state index contributed by atoms with van der Waals surface area (Å²) in [5.74, 6) is -3.22. The summed E-state index contributed by atoms with van der Waals surface area (Å²) in [4.78, 5) is 64.9. The number of hydrogen-bond donors (Lipinski definition) is 3. The largest absolute Gasteiger partial charge is 0.480 e. The van der Waals surface area contributed by atoms with Crippen molar-refractivity contribution in [3.8, 4) is 20.9 Å². The number of carboxylic acid groups (broad SMARTS) is 2. The van der Waals surface area contributed by atoms with Crippen LogP contribution < -0.4 is 5.73 Å². The second-order valence-corrected chi connectivity index (χ2v) is 14.7. The van der Waals surface area contributed by atoms with Gasteiger partial charge >= 0.3 is 23.9 Å². The molecule has 290 valence electrons. The Balaban J connectivity index is 1.70. The molecule has 0 saturated carbocycles. The average molecular weight is 781 g/mol. The lowest BCUT2D eigenvalue weighted by molar-refractivity contribution is -0.146. The van der Waals surface area contributed by atoms with Crippen molar-refractivity contribution in [3.05, 3.63) is 82.1 Å². The SMILES string of the molecule is COC(=O)CN(CC(=O)O)Cc1cc(-c2cccs2)cc(CN(CCCCCCN)Cc2cc(-c3cccs3)cc(CN(CC(=O)O)CC(=O)OC)n2)n1. The third kappa shape index (κ3) is 14.3. The molecule has 0 amide bonds. The Hall–Kier alpha value is -4.58. The molecular formula is C38H48N6O8S2. The van der Waals surface area contributed by atoms with Crippen molar-refractivity contribution >= 4 is 46.6 Å². The molecule has 4 rings (SSSR count). The summed E-state index contributed by atoms with van der Waals surface area (Å²) in [5, 5.41) is 23.1. The lowest BCUT2D eigenvalue weighted by Crippen LogP contribution is -2.35. The number of nitrogens with two attached hydrogens (primary N) is 1. The third-order valence-electron chi connectivity index (χ3n) is 8.32. The number of methoxy groups -OCH3 is 2. The zero-order valence-electron chi connectivity index (χ0n) is 30.6. The van der Waals surface area contributed by atoms with Crippen LogP contribution in [0, 0.1) is 0 Å². The number of thiophene rings is 2. The summed E-state index contributed by atoms with van der Waals surface area (Å²) in [6.07, 6.45) is 3.85. The second-order valence-electron chi connectivity index (χ2n) is 12.8. The van der Waals surface area contributed by atoms with Crippen LogP contribution in [0.5, 0.6) is 0 Å². The van der Waals surface area contributed by atoms with Crippen molar-refractivity contribution in [1.29, 1.82) is 0 Å². The van der Waals surface area contributed by atoms with Gasteiger partial charge in [0.1, 0.15) is 0 Å². The lowest BCUT2D eigenvalue weighted by Gasteiger charge is -2.24. The highest BCUT2D eigenvalue weighted by Crippen LogP contribution is 2.29. The van der Waals surface area contributed by atoms with Gasteiger partial charge in [0.15, 0.2) is 0 Å². The minimum absolute atomic E-state index is 0.124. The summed E-state index contributed by atoms with van der Waals surface area (Å²) >= 11 is 3.17. The van der Waals surface area contributed by atoms with E-state index >= 15 is 0 Å². The van der Waals surface area contributed by atoms with Crippen LogP contribution in [0.1, 0.15) is 48.5 Å². The number of unbranched alkanes of at least 4 members (excludes halogenated alkanes) is 3. The number of aliphatic carboxylic acids is 2. The molecule has 0 aliphatic rings. The van der Waals surface area contributed by atoms with Crippen LogP contribution in [0.2, 0.25) is 0 Å². The van der Waals surface area contributed by atoms with E-state index in [1.807, 2.05) is 59.3 Å². The summed E-state index contributed by atoms with van der Waals surface area (Å²) < 4.78 is 9.63. The predicted octanol–water partition coefficient (Wildman–Crippen LogP) is 4.57. The molecule has 0 spiro atoms. The first-order valence-electron chi connectivity index (χ1n) is 17.6. The maximum atomic E-state index is 12.1. The maximum Gasteiger partial charge on any atom is 0.319 e. The number of hydrogen-bond acceptors (Lipinski definition) is 14. The zero-order valence-corrected chi connectivity index (χ0v) is 32.3. The molecule has 0 aromatic carbocycles. The van der Waals surface area contributed by atoms with Crippen molar-refractivity contribution in [2.24, 2.45) is 5.73 Å². The van der Waals surface area contributed by atoms with E-state index in [0.717, 1.165) is 64.5 Å². The first-order chi connectivity index (χ1) is 26.0. The fourth-order valence-electron chi connectivity index (χ4n) is 5.97. The topological polar surface area (TPSA) is 189 Å². The standard InChI is InChI=1S/C38H48N6O8S2/c1-51-37(49)25-43(23-35(45)46)21-31-17-27(33-9-7-13-53-33)15-29(40-31)19-42(12-6-4-3-5-11-39)20-30-16-28(34-10-8-14-54-34)18-32(41-30)22-44(24-36(47)48)26-38(50)52-2/h7-10,13-18H,3-6,11-12,19-26,39H2,1-2H3,(H,45,46)(H,47,48). The summed E-state index contributed by atoms with van der Waals surface area (Å²) in [5.41, 5.74) is 10.4. The van der Waals surface area contributed by atoms with Gasteiger partial charge in [0.2, 0.25) is 0 Å². The van der Waals surface area contributed by atoms with E-state index in [9.17, 15) is 29.4 Å². The average Bonchev–Trinajstić information content (AvgIpc) is 3.87. The number of esters is 2. The minimum atomic E-state index is -1.07. The molecule has 4 N–H and O–H groups in total. The van der Waals surface area contributed by atoms with Crippen LogP contribution in [0.4, 0.5) is 0 Å². The van der Waals surface area contributed by atoms with Gasteiger partial charge in [-0.3, -0.25) is 43.8 Å². The van der Waals surface area contributed by atoms with Gasteiger partial charge in [-0.15, -0.1) is 22.7 Å². The molecule has 0 atom stereocenters. The predicted molar refractivity (Wildman–Crippen MR) is 207 cm³/mol. The van der Waals surface area contributed by atoms with E-state index in [2.05, 4.69) is 4.90 Å². The van der Waals surface area contributed by atoms with Gasteiger partial charge in [-0.05, 0) is 84.2 Å². The van der Waals surface area contributed by atoms with E-state index in [0.29, 0.717) is 31.0 Å². The van der Waals surface area contributed by atoms with E-state index in [1.165, 1.54) is 24.0 Å². The number of rotatable bonds is 24. The molecule has 16 heteroatoms. The van der Waals surface area contributed by atoms with Crippen LogP contribution in [0.3, 0.4) is 0 Å². The molecule has 0 aliphatic carbocycles. The fourth-order valence-corrected chi connectivity index (χ4v) is 7.40. The Labute approximate surface area is 323 Å². The number of pyridine rings is 2. The van der Waals surface area contributed by atoms with Crippen LogP contribution in [0.25, 0.3) is 20.9 Å². The number of aromatic nitrogens is 2. The Morgan fingerprint density at radius 3 is 1.39 bits per heavy atom. The van der Waals surface area contributed by atoms with Gasteiger partial charge in [0.25, 0.3) is 0 Å². The first kappa shape index (κ1) is 42.2. The molecule has 14 nitrogen and oxygen atoms in total. The van der Waals surface area contributed by atoms with E-state index in [1.54, 1.807) is 22.7 Å². The Morgan fingerprint density at radius 1 is 0.630 bits per heavy atom. The zero-order chi connectivity index (χ0) is 38.9. The number of carboxylic acids is 2. The monoisotopic (exact) mass is 780 g/mol.